The molecule has 5 heteroatoms. The van der Waals surface area contributed by atoms with Gasteiger partial charge >= 0.3 is 0 Å². The molecule has 1 aliphatic rings. The molecule has 1 amide bonds. The van der Waals surface area contributed by atoms with Crippen molar-refractivity contribution in [1.82, 2.24) is 4.90 Å². The lowest BCUT2D eigenvalue weighted by atomic mass is 10.1. The van der Waals surface area contributed by atoms with Crippen LogP contribution < -0.4 is 16.0 Å². The maximum atomic E-state index is 12.7. The van der Waals surface area contributed by atoms with E-state index >= 15 is 0 Å². The molecule has 1 heterocycles. The first-order chi connectivity index (χ1) is 10.3. The number of para-hydroxylation sites is 2. The number of rotatable bonds is 2. The Morgan fingerprint density at radius 3 is 2.76 bits per heavy atom. The number of anilines is 1. The first-order valence-corrected chi connectivity index (χ1v) is 6.85. The van der Waals surface area contributed by atoms with Gasteiger partial charge in [0.05, 0.1) is 17.8 Å². The van der Waals surface area contributed by atoms with E-state index in [9.17, 15) is 4.79 Å². The van der Waals surface area contributed by atoms with E-state index in [1.165, 1.54) is 0 Å². The Morgan fingerprint density at radius 1 is 1.14 bits per heavy atom. The summed E-state index contributed by atoms with van der Waals surface area (Å²) in [7, 11) is 0. The fourth-order valence-corrected chi connectivity index (χ4v) is 2.46. The number of carbonyl (C=O) groups excluding carboxylic acids is 1. The average Bonchev–Trinajstić information content (AvgIpc) is 2.76. The van der Waals surface area contributed by atoms with Crippen molar-refractivity contribution in [2.45, 2.75) is 6.54 Å². The number of nitrogens with two attached hydrogens (primary N) is 1. The molecule has 108 valence electrons. The Labute approximate surface area is 123 Å². The lowest BCUT2D eigenvalue weighted by molar-refractivity contribution is 0.0734. The fourth-order valence-electron chi connectivity index (χ4n) is 2.46. The molecule has 2 aromatic rings. The molecule has 0 fully saturated rings. The van der Waals surface area contributed by atoms with Gasteiger partial charge in [0, 0.05) is 12.1 Å². The summed E-state index contributed by atoms with van der Waals surface area (Å²) in [5, 5.41) is 0. The summed E-state index contributed by atoms with van der Waals surface area (Å²) in [6, 6.07) is 15.0. The van der Waals surface area contributed by atoms with Gasteiger partial charge in [-0.25, -0.2) is 0 Å². The van der Waals surface area contributed by atoms with Crippen molar-refractivity contribution in [2.24, 2.45) is 5.84 Å². The normalized spacial score (nSPS) is 13.9. The second kappa shape index (κ2) is 5.85. The summed E-state index contributed by atoms with van der Waals surface area (Å²) in [5.41, 5.74) is 4.78. The number of hydrazine groups is 1. The van der Waals surface area contributed by atoms with Crippen molar-refractivity contribution in [1.29, 1.82) is 0 Å². The van der Waals surface area contributed by atoms with Gasteiger partial charge in [-0.2, -0.15) is 0 Å². The van der Waals surface area contributed by atoms with Crippen LogP contribution in [0.25, 0.3) is 0 Å². The van der Waals surface area contributed by atoms with E-state index < -0.39 is 0 Å². The predicted molar refractivity (Wildman–Crippen MR) is 80.9 cm³/mol. The number of carbonyl (C=O) groups is 1. The second-order valence-electron chi connectivity index (χ2n) is 4.87. The van der Waals surface area contributed by atoms with Gasteiger partial charge in [-0.05, 0) is 18.2 Å². The number of nitrogens with one attached hydrogen (secondary N) is 1. The molecule has 0 unspecified atom stereocenters. The van der Waals surface area contributed by atoms with Crippen molar-refractivity contribution >= 4 is 11.6 Å². The average molecular weight is 283 g/mol. The van der Waals surface area contributed by atoms with Gasteiger partial charge in [0.15, 0.2) is 0 Å². The van der Waals surface area contributed by atoms with Crippen LogP contribution in [0.1, 0.15) is 15.9 Å². The minimum atomic E-state index is -0.0520. The molecule has 0 aliphatic carbocycles. The number of nitrogens with zero attached hydrogens (tertiary/aromatic N) is 1. The molecular formula is C16H17N3O2. The van der Waals surface area contributed by atoms with Gasteiger partial charge in [-0.15, -0.1) is 0 Å². The first kappa shape index (κ1) is 13.5. The molecule has 5 nitrogen and oxygen atoms in total. The molecule has 3 rings (SSSR count). The lowest BCUT2D eigenvalue weighted by Crippen LogP contribution is -2.33. The van der Waals surface area contributed by atoms with E-state index in [0.29, 0.717) is 30.9 Å². The molecular weight excluding hydrogens is 266 g/mol. The SMILES string of the molecule is NNc1ccccc1C(=O)N1CCOc2ccccc2C1. The molecule has 0 saturated carbocycles. The highest BCUT2D eigenvalue weighted by Crippen LogP contribution is 2.24. The van der Waals surface area contributed by atoms with Crippen LogP contribution in [0.2, 0.25) is 0 Å². The molecule has 0 aromatic heterocycles. The van der Waals surface area contributed by atoms with Crippen molar-refractivity contribution in [3.8, 4) is 5.75 Å². The molecule has 1 aliphatic heterocycles. The van der Waals surface area contributed by atoms with Crippen LogP contribution in [0.5, 0.6) is 5.75 Å². The zero-order valence-corrected chi connectivity index (χ0v) is 11.6. The topological polar surface area (TPSA) is 67.6 Å². The number of ether oxygens (including phenoxy) is 1. The molecule has 0 radical (unpaired) electrons. The molecule has 0 spiro atoms. The largest absolute Gasteiger partial charge is 0.491 e. The third kappa shape index (κ3) is 2.68. The summed E-state index contributed by atoms with van der Waals surface area (Å²) in [4.78, 5) is 14.5. The van der Waals surface area contributed by atoms with E-state index in [-0.39, 0.29) is 5.91 Å². The van der Waals surface area contributed by atoms with Crippen LogP contribution in [0, 0.1) is 0 Å². The number of amides is 1. The van der Waals surface area contributed by atoms with Gasteiger partial charge in [-0.3, -0.25) is 10.6 Å². The minimum Gasteiger partial charge on any atom is -0.491 e. The zero-order valence-electron chi connectivity index (χ0n) is 11.6. The van der Waals surface area contributed by atoms with Crippen LogP contribution in [-0.4, -0.2) is 24.0 Å². The first-order valence-electron chi connectivity index (χ1n) is 6.85. The summed E-state index contributed by atoms with van der Waals surface area (Å²) >= 11 is 0. The van der Waals surface area contributed by atoms with Gasteiger partial charge in [0.25, 0.3) is 5.91 Å². The molecule has 0 bridgehead atoms. The quantitative estimate of drug-likeness (QED) is 0.653. The van der Waals surface area contributed by atoms with E-state index in [0.717, 1.165) is 11.3 Å². The van der Waals surface area contributed by atoms with Crippen LogP contribution >= 0.6 is 0 Å². The standard InChI is InChI=1S/C16H17N3O2/c17-18-14-7-3-2-6-13(14)16(20)19-9-10-21-15-8-4-1-5-12(15)11-19/h1-8,18H,9-11,17H2. The van der Waals surface area contributed by atoms with Crippen LogP contribution in [0.15, 0.2) is 48.5 Å². The zero-order chi connectivity index (χ0) is 14.7. The van der Waals surface area contributed by atoms with Gasteiger partial charge in [-0.1, -0.05) is 30.3 Å². The van der Waals surface area contributed by atoms with Crippen molar-refractivity contribution < 1.29 is 9.53 Å². The highest BCUT2D eigenvalue weighted by atomic mass is 16.5. The van der Waals surface area contributed by atoms with Gasteiger partial charge in [0.2, 0.25) is 0 Å². The highest BCUT2D eigenvalue weighted by Gasteiger charge is 2.22. The maximum Gasteiger partial charge on any atom is 0.256 e. The number of hydrogen-bond acceptors (Lipinski definition) is 4. The van der Waals surface area contributed by atoms with Gasteiger partial charge in [0.1, 0.15) is 12.4 Å². The van der Waals surface area contributed by atoms with E-state index in [1.54, 1.807) is 17.0 Å². The van der Waals surface area contributed by atoms with Crippen LogP contribution in [0.3, 0.4) is 0 Å². The number of fused-ring (bicyclic) bond motifs is 1. The summed E-state index contributed by atoms with van der Waals surface area (Å²) in [6.45, 7) is 1.57. The summed E-state index contributed by atoms with van der Waals surface area (Å²) in [5.74, 6) is 6.27. The molecule has 2 aromatic carbocycles. The summed E-state index contributed by atoms with van der Waals surface area (Å²) < 4.78 is 5.69. The number of nitrogen functional groups attached to an aromatic ring is 1. The van der Waals surface area contributed by atoms with E-state index in [1.807, 2.05) is 36.4 Å². The third-order valence-corrected chi connectivity index (χ3v) is 3.55. The molecule has 0 atom stereocenters. The third-order valence-electron chi connectivity index (χ3n) is 3.55. The Bertz CT molecular complexity index is 657. The Hall–Kier alpha value is -2.53. The smallest absolute Gasteiger partial charge is 0.256 e. The molecule has 0 saturated heterocycles. The monoisotopic (exact) mass is 283 g/mol. The second-order valence-corrected chi connectivity index (χ2v) is 4.87. The van der Waals surface area contributed by atoms with Crippen LogP contribution in [0.4, 0.5) is 5.69 Å². The van der Waals surface area contributed by atoms with Crippen molar-refractivity contribution in [3.05, 3.63) is 59.7 Å². The maximum absolute atomic E-state index is 12.7. The Kier molecular flexibility index (Phi) is 3.75. The number of benzene rings is 2. The van der Waals surface area contributed by atoms with Crippen molar-refractivity contribution in [3.63, 3.8) is 0 Å². The van der Waals surface area contributed by atoms with Gasteiger partial charge < -0.3 is 15.1 Å². The Balaban J connectivity index is 1.88. The van der Waals surface area contributed by atoms with E-state index in [2.05, 4.69) is 5.43 Å². The minimum absolute atomic E-state index is 0.0520. The predicted octanol–water partition coefficient (Wildman–Crippen LogP) is 2.01. The Morgan fingerprint density at radius 2 is 1.90 bits per heavy atom. The molecule has 3 N–H and O–H groups in total. The van der Waals surface area contributed by atoms with Crippen molar-refractivity contribution in [2.75, 3.05) is 18.6 Å². The molecule has 21 heavy (non-hydrogen) atoms. The lowest BCUT2D eigenvalue weighted by Gasteiger charge is -2.21. The fraction of sp³-hybridized carbons (Fsp3) is 0.188. The highest BCUT2D eigenvalue weighted by molar-refractivity contribution is 5.99. The van der Waals surface area contributed by atoms with E-state index in [4.69, 9.17) is 10.6 Å². The van der Waals surface area contributed by atoms with Crippen LogP contribution in [-0.2, 0) is 6.54 Å². The summed E-state index contributed by atoms with van der Waals surface area (Å²) in [6.07, 6.45) is 0. The number of hydrogen-bond donors (Lipinski definition) is 2.